The first-order valence-electron chi connectivity index (χ1n) is 4.35. The molecule has 0 atom stereocenters. The highest BCUT2D eigenvalue weighted by atomic mass is 35.5. The minimum atomic E-state index is 0.403. The van der Waals surface area contributed by atoms with Crippen LogP contribution in [0.1, 0.15) is 16.1 Å². The van der Waals surface area contributed by atoms with Gasteiger partial charge in [0.05, 0.1) is 11.9 Å². The number of aromatic nitrogens is 3. The van der Waals surface area contributed by atoms with Crippen LogP contribution in [0.3, 0.4) is 0 Å². The van der Waals surface area contributed by atoms with Crippen LogP contribution in [0.4, 0.5) is 0 Å². The molecule has 0 bridgehead atoms. The minimum Gasteiger partial charge on any atom is -0.296 e. The summed E-state index contributed by atoms with van der Waals surface area (Å²) < 4.78 is 1.47. The predicted octanol–water partition coefficient (Wildman–Crippen LogP) is 2.04. The Morgan fingerprint density at radius 2 is 2.27 bits per heavy atom. The molecule has 76 valence electrons. The summed E-state index contributed by atoms with van der Waals surface area (Å²) in [6.45, 7) is 1.92. The molecular formula is C10H8ClN3O. The number of benzene rings is 1. The lowest BCUT2D eigenvalue weighted by atomic mass is 10.2. The van der Waals surface area contributed by atoms with E-state index in [1.165, 1.54) is 10.9 Å². The average molecular weight is 222 g/mol. The Balaban J connectivity index is 2.62. The van der Waals surface area contributed by atoms with Crippen molar-refractivity contribution in [1.82, 2.24) is 15.0 Å². The van der Waals surface area contributed by atoms with Crippen LogP contribution in [-0.2, 0) is 0 Å². The average Bonchev–Trinajstić information content (AvgIpc) is 2.69. The summed E-state index contributed by atoms with van der Waals surface area (Å²) in [5.74, 6) is 0. The molecule has 1 aromatic heterocycles. The van der Waals surface area contributed by atoms with Gasteiger partial charge < -0.3 is 0 Å². The fourth-order valence-electron chi connectivity index (χ4n) is 1.32. The molecule has 2 aromatic rings. The molecule has 1 heterocycles. The quantitative estimate of drug-likeness (QED) is 0.730. The summed E-state index contributed by atoms with van der Waals surface area (Å²) in [6, 6.07) is 5.41. The van der Waals surface area contributed by atoms with Crippen molar-refractivity contribution in [3.63, 3.8) is 0 Å². The molecule has 0 aliphatic rings. The van der Waals surface area contributed by atoms with Crippen molar-refractivity contribution >= 4 is 17.9 Å². The topological polar surface area (TPSA) is 47.8 Å². The van der Waals surface area contributed by atoms with Crippen LogP contribution in [0, 0.1) is 6.92 Å². The highest BCUT2D eigenvalue weighted by Crippen LogP contribution is 2.19. The third-order valence-corrected chi connectivity index (χ3v) is 2.33. The second-order valence-corrected chi connectivity index (χ2v) is 3.56. The number of carbonyl (C=O) groups is 1. The number of halogens is 1. The van der Waals surface area contributed by atoms with Crippen LogP contribution in [0.5, 0.6) is 0 Å². The van der Waals surface area contributed by atoms with Crippen molar-refractivity contribution in [2.24, 2.45) is 0 Å². The summed E-state index contributed by atoms with van der Waals surface area (Å²) in [5, 5.41) is 8.11. The zero-order chi connectivity index (χ0) is 10.8. The lowest BCUT2D eigenvalue weighted by molar-refractivity contribution is 0.111. The zero-order valence-electron chi connectivity index (χ0n) is 8.01. The monoisotopic (exact) mass is 221 g/mol. The number of nitrogens with zero attached hydrogens (tertiary/aromatic N) is 3. The Labute approximate surface area is 91.5 Å². The number of hydrogen-bond donors (Lipinski definition) is 0. The molecule has 0 amide bonds. The van der Waals surface area contributed by atoms with Gasteiger partial charge in [-0.25, -0.2) is 4.68 Å². The number of hydrogen-bond acceptors (Lipinski definition) is 3. The smallest absolute Gasteiger partial charge is 0.170 e. The fraction of sp³-hybridized carbons (Fsp3) is 0.100. The Morgan fingerprint density at radius 1 is 1.47 bits per heavy atom. The third kappa shape index (κ3) is 1.76. The van der Waals surface area contributed by atoms with Crippen molar-refractivity contribution < 1.29 is 4.79 Å². The van der Waals surface area contributed by atoms with E-state index in [0.29, 0.717) is 17.0 Å². The molecular weight excluding hydrogens is 214 g/mol. The van der Waals surface area contributed by atoms with E-state index in [0.717, 1.165) is 11.3 Å². The van der Waals surface area contributed by atoms with Gasteiger partial charge in [0.15, 0.2) is 6.29 Å². The van der Waals surface area contributed by atoms with Crippen LogP contribution in [-0.4, -0.2) is 21.3 Å². The summed E-state index contributed by atoms with van der Waals surface area (Å²) in [5.41, 5.74) is 2.15. The SMILES string of the molecule is Cc1ccc(Cl)cc1-n1nncc1C=O. The maximum absolute atomic E-state index is 10.7. The highest BCUT2D eigenvalue weighted by Gasteiger charge is 2.08. The Kier molecular flexibility index (Phi) is 2.51. The maximum atomic E-state index is 10.7. The van der Waals surface area contributed by atoms with Gasteiger partial charge >= 0.3 is 0 Å². The fourth-order valence-corrected chi connectivity index (χ4v) is 1.49. The molecule has 0 N–H and O–H groups in total. The van der Waals surface area contributed by atoms with Gasteiger partial charge in [-0.1, -0.05) is 22.9 Å². The van der Waals surface area contributed by atoms with Gasteiger partial charge in [0.2, 0.25) is 0 Å². The molecule has 0 saturated heterocycles. The standard InChI is InChI=1S/C10H8ClN3O/c1-7-2-3-8(11)4-10(7)14-9(6-15)5-12-13-14/h2-6H,1H3. The summed E-state index contributed by atoms with van der Waals surface area (Å²) in [7, 11) is 0. The summed E-state index contributed by atoms with van der Waals surface area (Å²) in [4.78, 5) is 10.7. The van der Waals surface area contributed by atoms with E-state index in [1.54, 1.807) is 12.1 Å². The van der Waals surface area contributed by atoms with Gasteiger partial charge in [-0.2, -0.15) is 0 Å². The minimum absolute atomic E-state index is 0.403. The summed E-state index contributed by atoms with van der Waals surface area (Å²) in [6.07, 6.45) is 2.12. The Morgan fingerprint density at radius 3 is 3.00 bits per heavy atom. The van der Waals surface area contributed by atoms with Crippen molar-refractivity contribution in [2.45, 2.75) is 6.92 Å². The van der Waals surface area contributed by atoms with Crippen molar-refractivity contribution in [1.29, 1.82) is 0 Å². The van der Waals surface area contributed by atoms with Crippen LogP contribution < -0.4 is 0 Å². The van der Waals surface area contributed by atoms with Gasteiger partial charge in [-0.3, -0.25) is 4.79 Å². The first kappa shape index (κ1) is 9.86. The number of aldehydes is 1. The molecule has 0 aliphatic carbocycles. The molecule has 0 saturated carbocycles. The molecule has 2 rings (SSSR count). The van der Waals surface area contributed by atoms with Gasteiger partial charge in [-0.15, -0.1) is 5.10 Å². The summed E-state index contributed by atoms with van der Waals surface area (Å²) >= 11 is 5.88. The van der Waals surface area contributed by atoms with Crippen LogP contribution in [0.15, 0.2) is 24.4 Å². The number of rotatable bonds is 2. The lowest BCUT2D eigenvalue weighted by Crippen LogP contribution is -2.03. The lowest BCUT2D eigenvalue weighted by Gasteiger charge is -2.06. The predicted molar refractivity (Wildman–Crippen MR) is 56.5 cm³/mol. The maximum Gasteiger partial charge on any atom is 0.170 e. The number of aryl methyl sites for hydroxylation is 1. The van der Waals surface area contributed by atoms with Gasteiger partial charge in [0.25, 0.3) is 0 Å². The first-order chi connectivity index (χ1) is 7.22. The van der Waals surface area contributed by atoms with Gasteiger partial charge in [-0.05, 0) is 24.6 Å². The molecule has 0 aliphatic heterocycles. The zero-order valence-corrected chi connectivity index (χ0v) is 8.77. The van der Waals surface area contributed by atoms with Crippen molar-refractivity contribution in [3.05, 3.63) is 40.7 Å². The van der Waals surface area contributed by atoms with Crippen LogP contribution in [0.2, 0.25) is 5.02 Å². The van der Waals surface area contributed by atoms with Crippen molar-refractivity contribution in [3.8, 4) is 5.69 Å². The van der Waals surface area contributed by atoms with E-state index in [4.69, 9.17) is 11.6 Å². The second kappa shape index (κ2) is 3.82. The third-order valence-electron chi connectivity index (χ3n) is 2.10. The van der Waals surface area contributed by atoms with E-state index in [1.807, 2.05) is 13.0 Å². The molecule has 4 nitrogen and oxygen atoms in total. The van der Waals surface area contributed by atoms with Crippen LogP contribution in [0.25, 0.3) is 5.69 Å². The van der Waals surface area contributed by atoms with Gasteiger partial charge in [0, 0.05) is 5.02 Å². The molecule has 1 aromatic carbocycles. The molecule has 0 radical (unpaired) electrons. The molecule has 0 spiro atoms. The Bertz CT molecular complexity index is 507. The second-order valence-electron chi connectivity index (χ2n) is 3.12. The van der Waals surface area contributed by atoms with E-state index >= 15 is 0 Å². The highest BCUT2D eigenvalue weighted by molar-refractivity contribution is 6.30. The first-order valence-corrected chi connectivity index (χ1v) is 4.72. The van der Waals surface area contributed by atoms with E-state index in [-0.39, 0.29) is 0 Å². The molecule has 0 unspecified atom stereocenters. The largest absolute Gasteiger partial charge is 0.296 e. The van der Waals surface area contributed by atoms with E-state index in [2.05, 4.69) is 10.3 Å². The van der Waals surface area contributed by atoms with Crippen LogP contribution >= 0.6 is 11.6 Å². The van der Waals surface area contributed by atoms with E-state index < -0.39 is 0 Å². The van der Waals surface area contributed by atoms with Gasteiger partial charge in [0.1, 0.15) is 5.69 Å². The van der Waals surface area contributed by atoms with E-state index in [9.17, 15) is 4.79 Å². The van der Waals surface area contributed by atoms with Crippen molar-refractivity contribution in [2.75, 3.05) is 0 Å². The normalized spacial score (nSPS) is 10.3. The molecule has 0 fully saturated rings. The molecule has 5 heteroatoms. The Hall–Kier alpha value is -1.68. The molecule has 15 heavy (non-hydrogen) atoms. The number of carbonyl (C=O) groups excluding carboxylic acids is 1.